The quantitative estimate of drug-likeness (QED) is 0.780. The lowest BCUT2D eigenvalue weighted by Crippen LogP contribution is -2.11. The smallest absolute Gasteiger partial charge is 0.125 e. The number of benzene rings is 1. The fourth-order valence-corrected chi connectivity index (χ4v) is 2.87. The summed E-state index contributed by atoms with van der Waals surface area (Å²) in [5.41, 5.74) is 8.45. The van der Waals surface area contributed by atoms with E-state index in [0.29, 0.717) is 10.7 Å². The summed E-state index contributed by atoms with van der Waals surface area (Å²) in [6, 6.07) is 5.53. The molecule has 1 heterocycles. The van der Waals surface area contributed by atoms with Gasteiger partial charge in [0, 0.05) is 22.0 Å². The predicted molar refractivity (Wildman–Crippen MR) is 75.7 cm³/mol. The zero-order valence-electron chi connectivity index (χ0n) is 10.1. The minimum absolute atomic E-state index is 0.0645. The van der Waals surface area contributed by atoms with Gasteiger partial charge in [0.05, 0.1) is 10.7 Å². The monoisotopic (exact) mass is 266 g/mol. The fraction of sp³-hybridized carbons (Fsp3) is 0.308. The van der Waals surface area contributed by atoms with Crippen molar-refractivity contribution < 1.29 is 0 Å². The third kappa shape index (κ3) is 2.61. The summed E-state index contributed by atoms with van der Waals surface area (Å²) in [5.74, 6) is 0. The molecule has 0 aliphatic carbocycles. The van der Waals surface area contributed by atoms with Crippen molar-refractivity contribution in [3.63, 3.8) is 0 Å². The van der Waals surface area contributed by atoms with Gasteiger partial charge in [-0.25, -0.2) is 4.98 Å². The number of hydrogen-bond acceptors (Lipinski definition) is 3. The first kappa shape index (κ1) is 12.4. The zero-order valence-corrected chi connectivity index (χ0v) is 11.7. The van der Waals surface area contributed by atoms with Crippen LogP contribution in [-0.4, -0.2) is 4.98 Å². The lowest BCUT2D eigenvalue weighted by Gasteiger charge is -2.14. The van der Waals surface area contributed by atoms with Crippen molar-refractivity contribution in [1.82, 2.24) is 4.98 Å². The van der Waals surface area contributed by atoms with Crippen LogP contribution in [-0.2, 0) is 5.41 Å². The summed E-state index contributed by atoms with van der Waals surface area (Å²) < 4.78 is 0. The highest BCUT2D eigenvalue weighted by atomic mass is 35.5. The first-order chi connectivity index (χ1) is 7.88. The Morgan fingerprint density at radius 3 is 2.53 bits per heavy atom. The van der Waals surface area contributed by atoms with Crippen LogP contribution in [0.2, 0.25) is 5.02 Å². The molecule has 2 nitrogen and oxygen atoms in total. The Morgan fingerprint density at radius 1 is 1.29 bits per heavy atom. The number of halogens is 1. The molecule has 0 aliphatic rings. The van der Waals surface area contributed by atoms with Crippen LogP contribution in [0.1, 0.15) is 26.5 Å². The molecule has 0 spiro atoms. The standard InChI is InChI=1S/C13H15ClN2S/c1-13(2,3)11-7-17-12(16-11)9-5-4-8(15)6-10(9)14/h4-7H,15H2,1-3H3. The number of aromatic nitrogens is 1. The van der Waals surface area contributed by atoms with Crippen LogP contribution in [0.4, 0.5) is 5.69 Å². The summed E-state index contributed by atoms with van der Waals surface area (Å²) in [5, 5.41) is 3.68. The summed E-state index contributed by atoms with van der Waals surface area (Å²) >= 11 is 7.79. The summed E-state index contributed by atoms with van der Waals surface area (Å²) in [6.45, 7) is 6.45. The summed E-state index contributed by atoms with van der Waals surface area (Å²) in [7, 11) is 0. The second kappa shape index (κ2) is 4.31. The Labute approximate surface area is 110 Å². The second-order valence-corrected chi connectivity index (χ2v) is 6.29. The van der Waals surface area contributed by atoms with Gasteiger partial charge in [-0.1, -0.05) is 32.4 Å². The van der Waals surface area contributed by atoms with E-state index in [1.54, 1.807) is 17.4 Å². The predicted octanol–water partition coefficient (Wildman–Crippen LogP) is 4.34. The summed E-state index contributed by atoms with van der Waals surface area (Å²) in [4.78, 5) is 4.64. The maximum Gasteiger partial charge on any atom is 0.125 e. The van der Waals surface area contributed by atoms with Gasteiger partial charge in [-0.05, 0) is 18.2 Å². The van der Waals surface area contributed by atoms with Crippen molar-refractivity contribution in [3.8, 4) is 10.6 Å². The lowest BCUT2D eigenvalue weighted by atomic mass is 9.93. The first-order valence-corrected chi connectivity index (χ1v) is 6.65. The maximum absolute atomic E-state index is 6.17. The first-order valence-electron chi connectivity index (χ1n) is 5.39. The Balaban J connectivity index is 2.44. The lowest BCUT2D eigenvalue weighted by molar-refractivity contribution is 0.573. The van der Waals surface area contributed by atoms with Gasteiger partial charge >= 0.3 is 0 Å². The van der Waals surface area contributed by atoms with E-state index in [9.17, 15) is 0 Å². The maximum atomic E-state index is 6.17. The van der Waals surface area contributed by atoms with Gasteiger partial charge in [-0.3, -0.25) is 0 Å². The highest BCUT2D eigenvalue weighted by molar-refractivity contribution is 7.13. The molecule has 2 rings (SSSR count). The largest absolute Gasteiger partial charge is 0.399 e. The van der Waals surface area contributed by atoms with Crippen molar-refractivity contribution in [2.24, 2.45) is 0 Å². The number of nitrogen functional groups attached to an aromatic ring is 1. The number of nitrogens with zero attached hydrogens (tertiary/aromatic N) is 1. The van der Waals surface area contributed by atoms with Crippen LogP contribution in [0.5, 0.6) is 0 Å². The Morgan fingerprint density at radius 2 is 2.00 bits per heavy atom. The molecule has 4 heteroatoms. The van der Waals surface area contributed by atoms with Crippen LogP contribution in [0.15, 0.2) is 23.6 Å². The summed E-state index contributed by atoms with van der Waals surface area (Å²) in [6.07, 6.45) is 0. The average molecular weight is 267 g/mol. The second-order valence-electron chi connectivity index (χ2n) is 5.03. The van der Waals surface area contributed by atoms with Gasteiger partial charge in [0.2, 0.25) is 0 Å². The molecular formula is C13H15ClN2S. The molecule has 0 unspecified atom stereocenters. The number of anilines is 1. The molecule has 0 saturated heterocycles. The fourth-order valence-electron chi connectivity index (χ4n) is 1.45. The third-order valence-electron chi connectivity index (χ3n) is 2.50. The topological polar surface area (TPSA) is 38.9 Å². The molecule has 0 amide bonds. The van der Waals surface area contributed by atoms with Crippen LogP contribution < -0.4 is 5.73 Å². The Bertz CT molecular complexity index is 541. The van der Waals surface area contributed by atoms with E-state index in [2.05, 4.69) is 31.1 Å². The number of nitrogens with two attached hydrogens (primary N) is 1. The molecule has 17 heavy (non-hydrogen) atoms. The van der Waals surface area contributed by atoms with E-state index in [1.165, 1.54) is 0 Å². The van der Waals surface area contributed by atoms with E-state index >= 15 is 0 Å². The van der Waals surface area contributed by atoms with Crippen molar-refractivity contribution in [3.05, 3.63) is 34.3 Å². The normalized spacial score (nSPS) is 11.8. The zero-order chi connectivity index (χ0) is 12.6. The van der Waals surface area contributed by atoms with Gasteiger partial charge in [0.1, 0.15) is 5.01 Å². The van der Waals surface area contributed by atoms with E-state index < -0.39 is 0 Å². The van der Waals surface area contributed by atoms with Crippen molar-refractivity contribution in [1.29, 1.82) is 0 Å². The number of thiazole rings is 1. The molecule has 2 N–H and O–H groups in total. The van der Waals surface area contributed by atoms with Gasteiger partial charge in [-0.15, -0.1) is 11.3 Å². The third-order valence-corrected chi connectivity index (χ3v) is 3.68. The molecule has 0 aliphatic heterocycles. The molecule has 2 aromatic rings. The molecule has 0 atom stereocenters. The van der Waals surface area contributed by atoms with Crippen LogP contribution in [0, 0.1) is 0 Å². The van der Waals surface area contributed by atoms with Crippen LogP contribution >= 0.6 is 22.9 Å². The van der Waals surface area contributed by atoms with E-state index in [0.717, 1.165) is 16.3 Å². The van der Waals surface area contributed by atoms with Crippen molar-refractivity contribution in [2.75, 3.05) is 5.73 Å². The van der Waals surface area contributed by atoms with Crippen LogP contribution in [0.25, 0.3) is 10.6 Å². The Kier molecular flexibility index (Phi) is 3.15. The number of rotatable bonds is 1. The van der Waals surface area contributed by atoms with E-state index in [4.69, 9.17) is 17.3 Å². The molecule has 90 valence electrons. The van der Waals surface area contributed by atoms with Crippen molar-refractivity contribution in [2.45, 2.75) is 26.2 Å². The molecule has 1 aromatic carbocycles. The highest BCUT2D eigenvalue weighted by Crippen LogP contribution is 2.34. The molecule has 0 saturated carbocycles. The molecule has 0 bridgehead atoms. The minimum Gasteiger partial charge on any atom is -0.399 e. The van der Waals surface area contributed by atoms with Crippen LogP contribution in [0.3, 0.4) is 0 Å². The molecule has 0 radical (unpaired) electrons. The SMILES string of the molecule is CC(C)(C)c1csc(-c2ccc(N)cc2Cl)n1. The van der Waals surface area contributed by atoms with Crippen molar-refractivity contribution >= 4 is 28.6 Å². The molecule has 1 aromatic heterocycles. The number of hydrogen-bond donors (Lipinski definition) is 1. The Hall–Kier alpha value is -1.06. The van der Waals surface area contributed by atoms with Gasteiger partial charge in [-0.2, -0.15) is 0 Å². The van der Waals surface area contributed by atoms with Gasteiger partial charge in [0.25, 0.3) is 0 Å². The van der Waals surface area contributed by atoms with Gasteiger partial charge in [0.15, 0.2) is 0 Å². The van der Waals surface area contributed by atoms with E-state index in [-0.39, 0.29) is 5.41 Å². The average Bonchev–Trinajstić information content (AvgIpc) is 2.65. The van der Waals surface area contributed by atoms with Gasteiger partial charge < -0.3 is 5.73 Å². The molecule has 0 fully saturated rings. The van der Waals surface area contributed by atoms with E-state index in [1.807, 2.05) is 12.1 Å². The molecular weight excluding hydrogens is 252 g/mol. The highest BCUT2D eigenvalue weighted by Gasteiger charge is 2.18. The minimum atomic E-state index is 0.0645.